The Morgan fingerprint density at radius 1 is 0.941 bits per heavy atom. The molecule has 0 unspecified atom stereocenters. The second-order valence-electron chi connectivity index (χ2n) is 8.67. The average molecular weight is 482 g/mol. The molecule has 0 spiro atoms. The Morgan fingerprint density at radius 3 is 2.15 bits per heavy atom. The molecule has 186 valence electrons. The van der Waals surface area contributed by atoms with Gasteiger partial charge in [0.25, 0.3) is 5.91 Å². The van der Waals surface area contributed by atoms with Gasteiger partial charge in [0.15, 0.2) is 0 Å². The zero-order chi connectivity index (χ0) is 24.4. The van der Waals surface area contributed by atoms with E-state index in [1.807, 2.05) is 0 Å². The Balaban J connectivity index is 1.28. The largest absolute Gasteiger partial charge is 0.573 e. The molecule has 0 aliphatic carbocycles. The molecule has 2 aromatic rings. The molecule has 6 nitrogen and oxygen atoms in total. The molecule has 1 aliphatic heterocycles. The molecule has 1 fully saturated rings. The van der Waals surface area contributed by atoms with E-state index < -0.39 is 12.3 Å². The van der Waals surface area contributed by atoms with Crippen LogP contribution in [0.3, 0.4) is 0 Å². The molecule has 1 N–H and O–H groups in total. The Bertz CT molecular complexity index is 896. The Morgan fingerprint density at radius 2 is 1.56 bits per heavy atom. The van der Waals surface area contributed by atoms with Crippen LogP contribution in [0.4, 0.5) is 18.9 Å². The maximum absolute atomic E-state index is 12.3. The summed E-state index contributed by atoms with van der Waals surface area (Å²) >= 11 is 0. The van der Waals surface area contributed by atoms with E-state index in [1.165, 1.54) is 12.1 Å². The monoisotopic (exact) mass is 481 g/mol. The molecule has 1 aliphatic rings. The standard InChI is InChI=1S/C25H30F3NO5/c1-24(17-32-18-24)16-31-14-4-2-3-5-15-33-21-12-8-20(9-13-21)29-23(30)19-6-10-22(11-7-19)34-25(26,27)28/h6-13H,2-5,14-18H2,1H3,(H,29,30). The number of unbranched alkanes of at least 4 members (excludes halogenated alkanes) is 3. The first-order valence-corrected chi connectivity index (χ1v) is 11.3. The highest BCUT2D eigenvalue weighted by molar-refractivity contribution is 6.04. The maximum Gasteiger partial charge on any atom is 0.573 e. The predicted octanol–water partition coefficient (Wildman–Crippen LogP) is 5.83. The third-order valence-corrected chi connectivity index (χ3v) is 5.27. The summed E-state index contributed by atoms with van der Waals surface area (Å²) < 4.78 is 57.1. The SMILES string of the molecule is CC1(COCCCCCCOc2ccc(NC(=O)c3ccc(OC(F)(F)F)cc3)cc2)COC1. The number of benzene rings is 2. The summed E-state index contributed by atoms with van der Waals surface area (Å²) in [6, 6.07) is 11.7. The Labute approximate surface area is 197 Å². The third-order valence-electron chi connectivity index (χ3n) is 5.27. The van der Waals surface area contributed by atoms with Crippen LogP contribution in [0, 0.1) is 5.41 Å². The van der Waals surface area contributed by atoms with E-state index in [-0.39, 0.29) is 16.7 Å². The highest BCUT2D eigenvalue weighted by Gasteiger charge is 2.33. The Hall–Kier alpha value is -2.78. The summed E-state index contributed by atoms with van der Waals surface area (Å²) in [5.74, 6) is -0.120. The second-order valence-corrected chi connectivity index (χ2v) is 8.67. The van der Waals surface area contributed by atoms with Gasteiger partial charge in [0.05, 0.1) is 26.4 Å². The molecule has 1 heterocycles. The first kappa shape index (κ1) is 25.8. The van der Waals surface area contributed by atoms with Gasteiger partial charge in [-0.3, -0.25) is 4.79 Å². The maximum atomic E-state index is 12.3. The molecule has 0 aromatic heterocycles. The predicted molar refractivity (Wildman–Crippen MR) is 121 cm³/mol. The fourth-order valence-corrected chi connectivity index (χ4v) is 3.35. The van der Waals surface area contributed by atoms with E-state index in [2.05, 4.69) is 17.0 Å². The lowest BCUT2D eigenvalue weighted by Crippen LogP contribution is -2.43. The highest BCUT2D eigenvalue weighted by Crippen LogP contribution is 2.26. The van der Waals surface area contributed by atoms with E-state index in [1.54, 1.807) is 24.3 Å². The first-order chi connectivity index (χ1) is 16.2. The number of ether oxygens (including phenoxy) is 4. The normalized spacial score (nSPS) is 14.8. The van der Waals surface area contributed by atoms with Crippen LogP contribution in [0.1, 0.15) is 43.0 Å². The van der Waals surface area contributed by atoms with Crippen molar-refractivity contribution in [3.05, 3.63) is 54.1 Å². The molecule has 3 rings (SSSR count). The quantitative estimate of drug-likeness (QED) is 0.365. The topological polar surface area (TPSA) is 66.0 Å². The summed E-state index contributed by atoms with van der Waals surface area (Å²) in [6.07, 6.45) is -0.649. The fraction of sp³-hybridized carbons (Fsp3) is 0.480. The van der Waals surface area contributed by atoms with E-state index >= 15 is 0 Å². The van der Waals surface area contributed by atoms with Crippen LogP contribution in [0.15, 0.2) is 48.5 Å². The zero-order valence-electron chi connectivity index (χ0n) is 19.2. The highest BCUT2D eigenvalue weighted by atomic mass is 19.4. The number of amides is 1. The lowest BCUT2D eigenvalue weighted by atomic mass is 9.90. The van der Waals surface area contributed by atoms with Gasteiger partial charge < -0.3 is 24.3 Å². The average Bonchev–Trinajstić information content (AvgIpc) is 2.77. The number of nitrogens with one attached hydrogen (secondary N) is 1. The van der Waals surface area contributed by atoms with Crippen LogP contribution >= 0.6 is 0 Å². The van der Waals surface area contributed by atoms with Gasteiger partial charge >= 0.3 is 6.36 Å². The number of carbonyl (C=O) groups excluding carboxylic acids is 1. The van der Waals surface area contributed by atoms with Crippen LogP contribution < -0.4 is 14.8 Å². The van der Waals surface area contributed by atoms with Crippen molar-refractivity contribution < 1.29 is 36.9 Å². The van der Waals surface area contributed by atoms with Crippen molar-refractivity contribution in [2.45, 2.75) is 39.0 Å². The third kappa shape index (κ3) is 8.87. The smallest absolute Gasteiger partial charge is 0.494 e. The summed E-state index contributed by atoms with van der Waals surface area (Å²) in [5, 5.41) is 2.69. The van der Waals surface area contributed by atoms with E-state index in [0.29, 0.717) is 18.0 Å². The minimum Gasteiger partial charge on any atom is -0.494 e. The van der Waals surface area contributed by atoms with Gasteiger partial charge in [-0.1, -0.05) is 13.3 Å². The summed E-state index contributed by atoms with van der Waals surface area (Å²) in [7, 11) is 0. The molecule has 1 saturated heterocycles. The van der Waals surface area contributed by atoms with Crippen molar-refractivity contribution in [2.24, 2.45) is 5.41 Å². The molecular weight excluding hydrogens is 451 g/mol. The second kappa shape index (κ2) is 12.1. The number of anilines is 1. The van der Waals surface area contributed by atoms with Gasteiger partial charge in [0.2, 0.25) is 0 Å². The van der Waals surface area contributed by atoms with Crippen molar-refractivity contribution >= 4 is 11.6 Å². The number of hydrogen-bond acceptors (Lipinski definition) is 5. The molecule has 34 heavy (non-hydrogen) atoms. The van der Waals surface area contributed by atoms with Crippen molar-refractivity contribution in [1.82, 2.24) is 0 Å². The molecule has 0 radical (unpaired) electrons. The van der Waals surface area contributed by atoms with Crippen molar-refractivity contribution in [3.8, 4) is 11.5 Å². The van der Waals surface area contributed by atoms with E-state index in [0.717, 1.165) is 64.2 Å². The Kier molecular flexibility index (Phi) is 9.18. The number of rotatable bonds is 13. The fourth-order valence-electron chi connectivity index (χ4n) is 3.35. The minimum atomic E-state index is -4.77. The zero-order valence-corrected chi connectivity index (χ0v) is 19.2. The molecule has 2 aromatic carbocycles. The van der Waals surface area contributed by atoms with Crippen LogP contribution in [0.5, 0.6) is 11.5 Å². The number of carbonyl (C=O) groups is 1. The van der Waals surface area contributed by atoms with Gasteiger partial charge in [0, 0.05) is 23.3 Å². The van der Waals surface area contributed by atoms with Crippen molar-refractivity contribution in [3.63, 3.8) is 0 Å². The molecule has 9 heteroatoms. The van der Waals surface area contributed by atoms with E-state index in [4.69, 9.17) is 14.2 Å². The van der Waals surface area contributed by atoms with Gasteiger partial charge in [-0.25, -0.2) is 0 Å². The van der Waals surface area contributed by atoms with Gasteiger partial charge in [-0.2, -0.15) is 0 Å². The van der Waals surface area contributed by atoms with Crippen molar-refractivity contribution in [1.29, 1.82) is 0 Å². The van der Waals surface area contributed by atoms with Crippen LogP contribution in [-0.4, -0.2) is 45.3 Å². The number of hydrogen-bond donors (Lipinski definition) is 1. The lowest BCUT2D eigenvalue weighted by Gasteiger charge is -2.37. The first-order valence-electron chi connectivity index (χ1n) is 11.3. The summed E-state index contributed by atoms with van der Waals surface area (Å²) in [5.41, 5.74) is 0.967. The van der Waals surface area contributed by atoms with Gasteiger partial charge in [-0.05, 0) is 67.8 Å². The molecule has 0 atom stereocenters. The van der Waals surface area contributed by atoms with Gasteiger partial charge in [-0.15, -0.1) is 13.2 Å². The molecular formula is C25H30F3NO5. The minimum absolute atomic E-state index is 0.201. The summed E-state index contributed by atoms with van der Waals surface area (Å²) in [6.45, 7) is 5.89. The summed E-state index contributed by atoms with van der Waals surface area (Å²) in [4.78, 5) is 12.3. The van der Waals surface area contributed by atoms with Crippen LogP contribution in [-0.2, 0) is 9.47 Å². The number of halogens is 3. The lowest BCUT2D eigenvalue weighted by molar-refractivity contribution is -0.274. The van der Waals surface area contributed by atoms with Crippen molar-refractivity contribution in [2.75, 3.05) is 38.4 Å². The van der Waals surface area contributed by atoms with Crippen LogP contribution in [0.2, 0.25) is 0 Å². The van der Waals surface area contributed by atoms with Gasteiger partial charge in [0.1, 0.15) is 11.5 Å². The van der Waals surface area contributed by atoms with E-state index in [9.17, 15) is 18.0 Å². The number of alkyl halides is 3. The van der Waals surface area contributed by atoms with Crippen LogP contribution in [0.25, 0.3) is 0 Å². The molecule has 0 saturated carbocycles. The molecule has 1 amide bonds. The molecule has 0 bridgehead atoms.